The van der Waals surface area contributed by atoms with E-state index in [1.807, 2.05) is 0 Å². The molecule has 0 aliphatic carbocycles. The van der Waals surface area contributed by atoms with Crippen molar-refractivity contribution in [3.05, 3.63) is 82.7 Å². The van der Waals surface area contributed by atoms with Crippen LogP contribution in [0.5, 0.6) is 0 Å². The molecule has 29 heavy (non-hydrogen) atoms. The number of benzene rings is 2. The van der Waals surface area contributed by atoms with E-state index in [4.69, 9.17) is 4.42 Å². The molecule has 1 heterocycles. The zero-order chi connectivity index (χ0) is 20.9. The Hall–Kier alpha value is -2.91. The maximum Gasteiger partial charge on any atom is 0.264 e. The molecule has 1 aromatic heterocycles. The van der Waals surface area contributed by atoms with Crippen molar-refractivity contribution >= 4 is 43.8 Å². The highest BCUT2D eigenvalue weighted by Gasteiger charge is 2.26. The topological polar surface area (TPSA) is 92.0 Å². The van der Waals surface area contributed by atoms with Crippen molar-refractivity contribution in [3.8, 4) is 0 Å². The van der Waals surface area contributed by atoms with Gasteiger partial charge in [0.05, 0.1) is 21.3 Å². The molecule has 2 aromatic carbocycles. The average molecular weight is 476 g/mol. The van der Waals surface area contributed by atoms with Crippen molar-refractivity contribution in [1.82, 2.24) is 5.43 Å². The number of para-hydroxylation sites is 1. The van der Waals surface area contributed by atoms with E-state index < -0.39 is 22.5 Å². The minimum atomic E-state index is -3.93. The molecule has 1 amide bonds. The van der Waals surface area contributed by atoms with Gasteiger partial charge in [0.1, 0.15) is 18.1 Å². The van der Waals surface area contributed by atoms with Gasteiger partial charge in [-0.2, -0.15) is 5.10 Å². The van der Waals surface area contributed by atoms with E-state index in [1.54, 1.807) is 61.5 Å². The molecular formula is C20H18BrN3O4S. The molecule has 0 saturated heterocycles. The fraction of sp³-hybridized carbons (Fsp3) is 0.100. The number of furan rings is 1. The number of hydrazone groups is 1. The quantitative estimate of drug-likeness (QED) is 0.416. The Labute approximate surface area is 177 Å². The lowest BCUT2D eigenvalue weighted by Gasteiger charge is -2.23. The number of carbonyl (C=O) groups excluding carboxylic acids is 1. The summed E-state index contributed by atoms with van der Waals surface area (Å²) in [5.74, 6) is 0.542. The van der Waals surface area contributed by atoms with E-state index in [1.165, 1.54) is 18.3 Å². The summed E-state index contributed by atoms with van der Waals surface area (Å²) in [4.78, 5) is 12.5. The van der Waals surface area contributed by atoms with Gasteiger partial charge in [-0.15, -0.1) is 0 Å². The summed E-state index contributed by atoms with van der Waals surface area (Å²) >= 11 is 3.32. The van der Waals surface area contributed by atoms with Crippen molar-refractivity contribution < 1.29 is 17.6 Å². The molecule has 0 aliphatic heterocycles. The molecule has 1 N–H and O–H groups in total. The van der Waals surface area contributed by atoms with Gasteiger partial charge in [-0.3, -0.25) is 9.10 Å². The van der Waals surface area contributed by atoms with Gasteiger partial charge in [-0.1, -0.05) is 36.4 Å². The van der Waals surface area contributed by atoms with Crippen LogP contribution in [0.1, 0.15) is 11.5 Å². The Morgan fingerprint density at radius 2 is 1.76 bits per heavy atom. The Bertz CT molecular complexity index is 1090. The maximum absolute atomic E-state index is 13.1. The number of hydrogen-bond acceptors (Lipinski definition) is 5. The van der Waals surface area contributed by atoms with E-state index >= 15 is 0 Å². The third-order valence-electron chi connectivity index (χ3n) is 3.92. The SMILES string of the molecule is Cc1oc(C=NNC(=O)CN(c2ccccc2)S(=O)(=O)c2ccccc2)cc1Br. The minimum absolute atomic E-state index is 0.0936. The molecule has 3 aromatic rings. The lowest BCUT2D eigenvalue weighted by atomic mass is 10.3. The van der Waals surface area contributed by atoms with Gasteiger partial charge < -0.3 is 4.42 Å². The minimum Gasteiger partial charge on any atom is -0.459 e. The van der Waals surface area contributed by atoms with E-state index in [0.717, 1.165) is 8.78 Å². The second kappa shape index (κ2) is 9.06. The highest BCUT2D eigenvalue weighted by atomic mass is 79.9. The Kier molecular flexibility index (Phi) is 6.50. The first-order chi connectivity index (χ1) is 13.9. The highest BCUT2D eigenvalue weighted by Crippen LogP contribution is 2.23. The van der Waals surface area contributed by atoms with Crippen molar-refractivity contribution in [2.24, 2.45) is 5.10 Å². The molecule has 7 nitrogen and oxygen atoms in total. The molecule has 9 heteroatoms. The van der Waals surface area contributed by atoms with Gasteiger partial charge >= 0.3 is 0 Å². The summed E-state index contributed by atoms with van der Waals surface area (Å²) in [5, 5.41) is 3.84. The Morgan fingerprint density at radius 1 is 1.14 bits per heavy atom. The fourth-order valence-corrected chi connectivity index (χ4v) is 4.26. The number of rotatable bonds is 7. The summed E-state index contributed by atoms with van der Waals surface area (Å²) < 4.78 is 33.4. The number of sulfonamides is 1. The number of anilines is 1. The van der Waals surface area contributed by atoms with E-state index in [9.17, 15) is 13.2 Å². The smallest absolute Gasteiger partial charge is 0.264 e. The summed E-state index contributed by atoms with van der Waals surface area (Å²) in [6.45, 7) is 1.35. The standard InChI is InChI=1S/C20H18BrN3O4S/c1-15-19(21)12-17(28-15)13-22-23-20(25)14-24(16-8-4-2-5-9-16)29(26,27)18-10-6-3-7-11-18/h2-13H,14H2,1H3,(H,23,25). The van der Waals surface area contributed by atoms with Gasteiger partial charge in [0, 0.05) is 6.07 Å². The van der Waals surface area contributed by atoms with E-state index in [2.05, 4.69) is 26.5 Å². The number of hydrogen-bond donors (Lipinski definition) is 1. The number of nitrogens with zero attached hydrogens (tertiary/aromatic N) is 2. The van der Waals surface area contributed by atoms with Crippen molar-refractivity contribution in [3.63, 3.8) is 0 Å². The zero-order valence-corrected chi connectivity index (χ0v) is 17.9. The third kappa shape index (κ3) is 5.12. The summed E-state index contributed by atoms with van der Waals surface area (Å²) in [6, 6.07) is 18.1. The first-order valence-corrected chi connectivity index (χ1v) is 10.8. The molecule has 0 radical (unpaired) electrons. The van der Waals surface area contributed by atoms with Crippen LogP contribution in [0.15, 0.2) is 85.6 Å². The number of amides is 1. The zero-order valence-electron chi connectivity index (χ0n) is 15.4. The molecule has 0 saturated carbocycles. The van der Waals surface area contributed by atoms with Crippen LogP contribution in [0.3, 0.4) is 0 Å². The van der Waals surface area contributed by atoms with Crippen molar-refractivity contribution in [2.75, 3.05) is 10.8 Å². The van der Waals surface area contributed by atoms with Gasteiger partial charge in [0.25, 0.3) is 15.9 Å². The van der Waals surface area contributed by atoms with Crippen LogP contribution in [0.4, 0.5) is 5.69 Å². The molecule has 0 spiro atoms. The molecule has 0 unspecified atom stereocenters. The maximum atomic E-state index is 13.1. The molecule has 0 atom stereocenters. The van der Waals surface area contributed by atoms with Crippen LogP contribution < -0.4 is 9.73 Å². The van der Waals surface area contributed by atoms with Crippen LogP contribution in [-0.2, 0) is 14.8 Å². The lowest BCUT2D eigenvalue weighted by Crippen LogP contribution is -2.39. The highest BCUT2D eigenvalue weighted by molar-refractivity contribution is 9.10. The largest absolute Gasteiger partial charge is 0.459 e. The normalized spacial score (nSPS) is 11.5. The van der Waals surface area contributed by atoms with Gasteiger partial charge in [-0.25, -0.2) is 13.8 Å². The second-order valence-electron chi connectivity index (χ2n) is 6.01. The summed E-state index contributed by atoms with van der Waals surface area (Å²) in [5.41, 5.74) is 2.71. The molecular weight excluding hydrogens is 458 g/mol. The fourth-order valence-electron chi connectivity index (χ4n) is 2.51. The molecule has 0 fully saturated rings. The lowest BCUT2D eigenvalue weighted by molar-refractivity contribution is -0.119. The van der Waals surface area contributed by atoms with Crippen LogP contribution in [0, 0.1) is 6.92 Å². The van der Waals surface area contributed by atoms with Crippen LogP contribution in [0.2, 0.25) is 0 Å². The van der Waals surface area contributed by atoms with Gasteiger partial charge in [0.2, 0.25) is 0 Å². The first kappa shape index (κ1) is 20.8. The van der Waals surface area contributed by atoms with Crippen LogP contribution in [-0.4, -0.2) is 27.1 Å². The third-order valence-corrected chi connectivity index (χ3v) is 6.50. The van der Waals surface area contributed by atoms with Crippen LogP contribution >= 0.6 is 15.9 Å². The number of nitrogens with one attached hydrogen (secondary N) is 1. The predicted molar refractivity (Wildman–Crippen MR) is 114 cm³/mol. The van der Waals surface area contributed by atoms with Crippen molar-refractivity contribution in [2.45, 2.75) is 11.8 Å². The molecule has 150 valence electrons. The Morgan fingerprint density at radius 3 is 2.34 bits per heavy atom. The molecule has 0 aliphatic rings. The van der Waals surface area contributed by atoms with Gasteiger partial charge in [0.15, 0.2) is 0 Å². The Balaban J connectivity index is 1.79. The predicted octanol–water partition coefficient (Wildman–Crippen LogP) is 3.70. The number of carbonyl (C=O) groups is 1. The monoisotopic (exact) mass is 475 g/mol. The summed E-state index contributed by atoms with van der Waals surface area (Å²) in [6.07, 6.45) is 1.34. The van der Waals surface area contributed by atoms with Crippen molar-refractivity contribution in [1.29, 1.82) is 0 Å². The molecule has 0 bridgehead atoms. The number of halogens is 1. The molecule has 3 rings (SSSR count). The van der Waals surface area contributed by atoms with Crippen LogP contribution in [0.25, 0.3) is 0 Å². The second-order valence-corrected chi connectivity index (χ2v) is 8.72. The average Bonchev–Trinajstić information content (AvgIpc) is 3.04. The van der Waals surface area contributed by atoms with E-state index in [-0.39, 0.29) is 4.90 Å². The van der Waals surface area contributed by atoms with Gasteiger partial charge in [-0.05, 0) is 47.1 Å². The van der Waals surface area contributed by atoms with E-state index in [0.29, 0.717) is 17.2 Å². The number of aryl methyl sites for hydroxylation is 1. The summed E-state index contributed by atoms with van der Waals surface area (Å²) in [7, 11) is -3.93. The first-order valence-electron chi connectivity index (χ1n) is 8.58.